The number of amides is 2. The van der Waals surface area contributed by atoms with E-state index in [4.69, 9.17) is 0 Å². The minimum Gasteiger partial charge on any atom is -0.356 e. The largest absolute Gasteiger partial charge is 0.356 e. The van der Waals surface area contributed by atoms with E-state index in [1.165, 1.54) is 11.1 Å². The molecule has 178 valence electrons. The van der Waals surface area contributed by atoms with Crippen molar-refractivity contribution < 1.29 is 9.59 Å². The molecule has 1 saturated carbocycles. The van der Waals surface area contributed by atoms with Crippen LogP contribution in [0.25, 0.3) is 0 Å². The van der Waals surface area contributed by atoms with Gasteiger partial charge in [0.15, 0.2) is 0 Å². The standard InChI is InChI=1S/C28H39N3O2/c1-31(2)28(22-24-12-7-4-8-13-24)19-16-25(17-20-28)30-27(33)15-9-14-26(32)29-21-18-23-10-5-3-6-11-23/h3-8,10-13,25H,9,14-22H2,1-2H3,(H,29,32)(H,30,33). The molecule has 0 atom stereocenters. The third-order valence-corrected chi connectivity index (χ3v) is 6.99. The molecule has 0 heterocycles. The maximum Gasteiger partial charge on any atom is 0.220 e. The summed E-state index contributed by atoms with van der Waals surface area (Å²) in [7, 11) is 4.35. The minimum absolute atomic E-state index is 0.0214. The van der Waals surface area contributed by atoms with Gasteiger partial charge in [0.25, 0.3) is 0 Å². The van der Waals surface area contributed by atoms with Crippen molar-refractivity contribution in [2.24, 2.45) is 0 Å². The van der Waals surface area contributed by atoms with Crippen LogP contribution in [0.4, 0.5) is 0 Å². The van der Waals surface area contributed by atoms with E-state index in [0.717, 1.165) is 38.5 Å². The SMILES string of the molecule is CN(C)C1(Cc2ccccc2)CCC(NC(=O)CCCC(=O)NCCc2ccccc2)CC1. The number of nitrogens with zero attached hydrogens (tertiary/aromatic N) is 1. The van der Waals surface area contributed by atoms with Crippen LogP contribution in [0.5, 0.6) is 0 Å². The Balaban J connectivity index is 1.33. The maximum absolute atomic E-state index is 12.4. The summed E-state index contributed by atoms with van der Waals surface area (Å²) in [5.74, 6) is 0.0885. The lowest BCUT2D eigenvalue weighted by molar-refractivity contribution is -0.123. The predicted molar refractivity (Wildman–Crippen MR) is 134 cm³/mol. The zero-order valence-corrected chi connectivity index (χ0v) is 20.2. The molecular formula is C28H39N3O2. The van der Waals surface area contributed by atoms with Crippen LogP contribution < -0.4 is 10.6 Å². The van der Waals surface area contributed by atoms with E-state index in [1.54, 1.807) is 0 Å². The molecule has 1 aliphatic rings. The topological polar surface area (TPSA) is 61.4 Å². The maximum atomic E-state index is 12.4. The van der Waals surface area contributed by atoms with Crippen LogP contribution in [0, 0.1) is 0 Å². The highest BCUT2D eigenvalue weighted by Crippen LogP contribution is 2.35. The van der Waals surface area contributed by atoms with E-state index in [1.807, 2.05) is 18.2 Å². The fourth-order valence-corrected chi connectivity index (χ4v) is 4.85. The number of rotatable bonds is 11. The van der Waals surface area contributed by atoms with Gasteiger partial charge >= 0.3 is 0 Å². The number of carbonyl (C=O) groups is 2. The van der Waals surface area contributed by atoms with Crippen molar-refractivity contribution in [2.45, 2.75) is 69.4 Å². The Bertz CT molecular complexity index is 859. The molecule has 0 aliphatic heterocycles. The first-order valence-corrected chi connectivity index (χ1v) is 12.3. The third-order valence-electron chi connectivity index (χ3n) is 6.99. The Hall–Kier alpha value is -2.66. The van der Waals surface area contributed by atoms with Crippen LogP contribution in [-0.2, 0) is 22.4 Å². The Kier molecular flexibility index (Phi) is 9.49. The lowest BCUT2D eigenvalue weighted by Gasteiger charge is -2.45. The number of hydrogen-bond acceptors (Lipinski definition) is 3. The molecule has 2 amide bonds. The summed E-state index contributed by atoms with van der Waals surface area (Å²) in [4.78, 5) is 26.8. The molecule has 0 spiro atoms. The summed E-state index contributed by atoms with van der Waals surface area (Å²) < 4.78 is 0. The summed E-state index contributed by atoms with van der Waals surface area (Å²) >= 11 is 0. The molecule has 33 heavy (non-hydrogen) atoms. The molecule has 5 heteroatoms. The monoisotopic (exact) mass is 449 g/mol. The van der Waals surface area contributed by atoms with Gasteiger partial charge in [-0.1, -0.05) is 60.7 Å². The fraction of sp³-hybridized carbons (Fsp3) is 0.500. The Morgan fingerprint density at radius 2 is 1.45 bits per heavy atom. The first-order chi connectivity index (χ1) is 16.0. The van der Waals surface area contributed by atoms with Crippen molar-refractivity contribution in [3.8, 4) is 0 Å². The van der Waals surface area contributed by atoms with E-state index in [2.05, 4.69) is 72.1 Å². The smallest absolute Gasteiger partial charge is 0.220 e. The minimum atomic E-state index is 0.0214. The summed E-state index contributed by atoms with van der Waals surface area (Å²) in [6.07, 6.45) is 7.40. The lowest BCUT2D eigenvalue weighted by atomic mass is 9.75. The normalized spacial score (nSPS) is 20.4. The van der Waals surface area contributed by atoms with Crippen molar-refractivity contribution >= 4 is 11.8 Å². The quantitative estimate of drug-likeness (QED) is 0.543. The van der Waals surface area contributed by atoms with Gasteiger partial charge in [-0.3, -0.25) is 9.59 Å². The van der Waals surface area contributed by atoms with Gasteiger partial charge in [0, 0.05) is 31.0 Å². The molecule has 2 aromatic rings. The second kappa shape index (κ2) is 12.5. The van der Waals surface area contributed by atoms with Gasteiger partial charge in [0.2, 0.25) is 11.8 Å². The van der Waals surface area contributed by atoms with Gasteiger partial charge in [0.1, 0.15) is 0 Å². The molecule has 2 aromatic carbocycles. The van der Waals surface area contributed by atoms with E-state index in [0.29, 0.717) is 25.8 Å². The van der Waals surface area contributed by atoms with Crippen molar-refractivity contribution in [3.63, 3.8) is 0 Å². The van der Waals surface area contributed by atoms with Crippen LogP contribution in [0.1, 0.15) is 56.1 Å². The summed E-state index contributed by atoms with van der Waals surface area (Å²) in [6.45, 7) is 0.633. The first-order valence-electron chi connectivity index (χ1n) is 12.3. The van der Waals surface area contributed by atoms with Gasteiger partial charge in [-0.2, -0.15) is 0 Å². The number of benzene rings is 2. The van der Waals surface area contributed by atoms with Crippen LogP contribution in [0.3, 0.4) is 0 Å². The van der Waals surface area contributed by atoms with E-state index in [9.17, 15) is 9.59 Å². The van der Waals surface area contributed by atoms with E-state index in [-0.39, 0.29) is 23.4 Å². The molecule has 0 bridgehead atoms. The van der Waals surface area contributed by atoms with Crippen LogP contribution in [-0.4, -0.2) is 48.9 Å². The van der Waals surface area contributed by atoms with Gasteiger partial charge in [-0.15, -0.1) is 0 Å². The number of hydrogen-bond donors (Lipinski definition) is 2. The van der Waals surface area contributed by atoms with Gasteiger partial charge < -0.3 is 15.5 Å². The number of nitrogens with one attached hydrogen (secondary N) is 2. The predicted octanol–water partition coefficient (Wildman–Crippen LogP) is 4.12. The third kappa shape index (κ3) is 8.01. The van der Waals surface area contributed by atoms with Crippen molar-refractivity contribution in [3.05, 3.63) is 71.8 Å². The summed E-state index contributed by atoms with van der Waals surface area (Å²) in [5.41, 5.74) is 2.74. The van der Waals surface area contributed by atoms with E-state index < -0.39 is 0 Å². The summed E-state index contributed by atoms with van der Waals surface area (Å²) in [6, 6.07) is 21.0. The van der Waals surface area contributed by atoms with Crippen molar-refractivity contribution in [1.29, 1.82) is 0 Å². The van der Waals surface area contributed by atoms with Gasteiger partial charge in [-0.05, 0) is 70.2 Å². The molecule has 0 saturated heterocycles. The molecule has 2 N–H and O–H groups in total. The fourth-order valence-electron chi connectivity index (χ4n) is 4.85. The zero-order valence-electron chi connectivity index (χ0n) is 20.2. The van der Waals surface area contributed by atoms with Crippen molar-refractivity contribution in [2.75, 3.05) is 20.6 Å². The van der Waals surface area contributed by atoms with Crippen molar-refractivity contribution in [1.82, 2.24) is 15.5 Å². The second-order valence-electron chi connectivity index (χ2n) is 9.56. The molecule has 3 rings (SSSR count). The number of carbonyl (C=O) groups excluding carboxylic acids is 2. The number of likely N-dealkylation sites (N-methyl/N-ethyl adjacent to an activating group) is 1. The van der Waals surface area contributed by atoms with E-state index >= 15 is 0 Å². The van der Waals surface area contributed by atoms with Gasteiger partial charge in [0.05, 0.1) is 0 Å². The first kappa shape index (κ1) is 25.0. The second-order valence-corrected chi connectivity index (χ2v) is 9.56. The van der Waals surface area contributed by atoms with Crippen LogP contribution >= 0.6 is 0 Å². The van der Waals surface area contributed by atoms with Crippen LogP contribution in [0.2, 0.25) is 0 Å². The molecule has 5 nitrogen and oxygen atoms in total. The molecule has 0 unspecified atom stereocenters. The Morgan fingerprint density at radius 3 is 2.06 bits per heavy atom. The average Bonchev–Trinajstić information content (AvgIpc) is 2.82. The molecule has 1 fully saturated rings. The highest BCUT2D eigenvalue weighted by atomic mass is 16.2. The Labute approximate surface area is 199 Å². The highest BCUT2D eigenvalue weighted by molar-refractivity contribution is 5.79. The lowest BCUT2D eigenvalue weighted by Crippen LogP contribution is -2.52. The molecule has 0 radical (unpaired) electrons. The summed E-state index contributed by atoms with van der Waals surface area (Å²) in [5, 5.41) is 6.16. The molecule has 1 aliphatic carbocycles. The van der Waals surface area contributed by atoms with Crippen LogP contribution in [0.15, 0.2) is 60.7 Å². The molecule has 0 aromatic heterocycles. The van der Waals surface area contributed by atoms with Gasteiger partial charge in [-0.25, -0.2) is 0 Å². The highest BCUT2D eigenvalue weighted by Gasteiger charge is 2.37. The Morgan fingerprint density at radius 1 is 0.879 bits per heavy atom. The molecular weight excluding hydrogens is 410 g/mol. The average molecular weight is 450 g/mol. The zero-order chi connectivity index (χ0) is 23.5.